The molecule has 0 amide bonds. The highest BCUT2D eigenvalue weighted by Gasteiger charge is 2.31. The SMILES string of the molecule is C=CCn1ncc(NCC2CCCS2(=O)=O)c(Cl)c1=O. The summed E-state index contributed by atoms with van der Waals surface area (Å²) in [6.45, 7) is 4.05. The Morgan fingerprint density at radius 2 is 2.35 bits per heavy atom. The summed E-state index contributed by atoms with van der Waals surface area (Å²) in [4.78, 5) is 11.9. The van der Waals surface area contributed by atoms with Crippen LogP contribution in [0, 0.1) is 0 Å². The maximum Gasteiger partial charge on any atom is 0.287 e. The van der Waals surface area contributed by atoms with E-state index in [1.807, 2.05) is 0 Å². The average molecular weight is 318 g/mol. The lowest BCUT2D eigenvalue weighted by Crippen LogP contribution is -2.27. The first-order chi connectivity index (χ1) is 9.45. The molecule has 0 spiro atoms. The molecule has 1 aromatic heterocycles. The number of nitrogens with one attached hydrogen (secondary N) is 1. The topological polar surface area (TPSA) is 81.1 Å². The van der Waals surface area contributed by atoms with Gasteiger partial charge in [0, 0.05) is 6.54 Å². The number of anilines is 1. The summed E-state index contributed by atoms with van der Waals surface area (Å²) in [7, 11) is -3.02. The zero-order chi connectivity index (χ0) is 14.8. The molecule has 0 radical (unpaired) electrons. The highest BCUT2D eigenvalue weighted by atomic mass is 35.5. The van der Waals surface area contributed by atoms with Crippen LogP contribution in [0.2, 0.25) is 5.02 Å². The summed E-state index contributed by atoms with van der Waals surface area (Å²) >= 11 is 5.97. The van der Waals surface area contributed by atoms with Gasteiger partial charge in [-0.25, -0.2) is 13.1 Å². The van der Waals surface area contributed by atoms with Crippen LogP contribution < -0.4 is 10.9 Å². The van der Waals surface area contributed by atoms with Gasteiger partial charge in [-0.3, -0.25) is 4.79 Å². The van der Waals surface area contributed by atoms with E-state index >= 15 is 0 Å². The first kappa shape index (κ1) is 15.1. The number of halogens is 1. The van der Waals surface area contributed by atoms with Crippen LogP contribution in [-0.4, -0.2) is 35.7 Å². The van der Waals surface area contributed by atoms with E-state index in [1.54, 1.807) is 6.08 Å². The van der Waals surface area contributed by atoms with Crippen molar-refractivity contribution in [2.24, 2.45) is 0 Å². The summed E-state index contributed by atoms with van der Waals surface area (Å²) in [6.07, 6.45) is 4.28. The molecule has 1 unspecified atom stereocenters. The molecule has 1 fully saturated rings. The lowest BCUT2D eigenvalue weighted by atomic mass is 10.2. The van der Waals surface area contributed by atoms with Crippen LogP contribution in [0.5, 0.6) is 0 Å². The van der Waals surface area contributed by atoms with Gasteiger partial charge in [0.05, 0.1) is 29.4 Å². The van der Waals surface area contributed by atoms with Crippen LogP contribution >= 0.6 is 11.6 Å². The standard InChI is InChI=1S/C12H16ClN3O3S/c1-2-5-16-12(17)11(13)10(8-15-16)14-7-9-4-3-6-20(9,18)19/h2,8-9,14H,1,3-7H2. The van der Waals surface area contributed by atoms with Gasteiger partial charge in [0.15, 0.2) is 9.84 Å². The van der Waals surface area contributed by atoms with Crippen LogP contribution in [0.15, 0.2) is 23.6 Å². The number of sulfone groups is 1. The number of hydrogen-bond acceptors (Lipinski definition) is 5. The van der Waals surface area contributed by atoms with Gasteiger partial charge in [-0.15, -0.1) is 6.58 Å². The molecule has 0 bridgehead atoms. The normalized spacial score (nSPS) is 20.8. The van der Waals surface area contributed by atoms with Crippen molar-refractivity contribution >= 4 is 27.1 Å². The van der Waals surface area contributed by atoms with Gasteiger partial charge in [0.2, 0.25) is 0 Å². The molecule has 0 aliphatic carbocycles. The van der Waals surface area contributed by atoms with Crippen molar-refractivity contribution in [2.75, 3.05) is 17.6 Å². The van der Waals surface area contributed by atoms with Crippen LogP contribution in [0.25, 0.3) is 0 Å². The molecule has 1 aliphatic heterocycles. The van der Waals surface area contributed by atoms with Gasteiger partial charge in [0.1, 0.15) is 5.02 Å². The number of allylic oxidation sites excluding steroid dienone is 1. The highest BCUT2D eigenvalue weighted by molar-refractivity contribution is 7.92. The van der Waals surface area contributed by atoms with E-state index < -0.39 is 20.6 Å². The number of hydrogen-bond donors (Lipinski definition) is 1. The Balaban J connectivity index is 2.13. The zero-order valence-corrected chi connectivity index (χ0v) is 12.5. The molecular weight excluding hydrogens is 302 g/mol. The van der Waals surface area contributed by atoms with Crippen molar-refractivity contribution in [3.8, 4) is 0 Å². The van der Waals surface area contributed by atoms with E-state index in [9.17, 15) is 13.2 Å². The minimum atomic E-state index is -3.02. The lowest BCUT2D eigenvalue weighted by Gasteiger charge is -2.13. The van der Waals surface area contributed by atoms with Crippen LogP contribution in [0.3, 0.4) is 0 Å². The molecule has 20 heavy (non-hydrogen) atoms. The van der Waals surface area contributed by atoms with Gasteiger partial charge < -0.3 is 5.32 Å². The molecule has 8 heteroatoms. The fourth-order valence-corrected chi connectivity index (χ4v) is 4.13. The molecule has 0 saturated carbocycles. The number of nitrogens with zero attached hydrogens (tertiary/aromatic N) is 2. The summed E-state index contributed by atoms with van der Waals surface area (Å²) < 4.78 is 24.6. The predicted molar refractivity (Wildman–Crippen MR) is 79.0 cm³/mol. The van der Waals surface area contributed by atoms with E-state index in [-0.39, 0.29) is 23.9 Å². The molecule has 1 atom stereocenters. The van der Waals surface area contributed by atoms with Crippen molar-refractivity contribution in [1.82, 2.24) is 9.78 Å². The summed E-state index contributed by atoms with van der Waals surface area (Å²) in [5.41, 5.74) is -0.0649. The Hall–Kier alpha value is -1.34. The molecule has 110 valence electrons. The van der Waals surface area contributed by atoms with E-state index in [0.717, 1.165) is 0 Å². The molecule has 1 aromatic rings. The minimum Gasteiger partial charge on any atom is -0.381 e. The van der Waals surface area contributed by atoms with Crippen molar-refractivity contribution < 1.29 is 8.42 Å². The molecule has 2 heterocycles. The largest absolute Gasteiger partial charge is 0.381 e. The predicted octanol–water partition coefficient (Wildman–Crippen LogP) is 1.07. The van der Waals surface area contributed by atoms with E-state index in [1.165, 1.54) is 10.9 Å². The fourth-order valence-electron chi connectivity index (χ4n) is 2.15. The van der Waals surface area contributed by atoms with Gasteiger partial charge in [-0.2, -0.15) is 5.10 Å². The zero-order valence-electron chi connectivity index (χ0n) is 10.9. The van der Waals surface area contributed by atoms with E-state index in [0.29, 0.717) is 18.5 Å². The lowest BCUT2D eigenvalue weighted by molar-refractivity contribution is 0.591. The van der Waals surface area contributed by atoms with Crippen molar-refractivity contribution in [3.05, 3.63) is 34.2 Å². The third-order valence-electron chi connectivity index (χ3n) is 3.27. The fraction of sp³-hybridized carbons (Fsp3) is 0.500. The quantitative estimate of drug-likeness (QED) is 0.822. The molecule has 1 N–H and O–H groups in total. The summed E-state index contributed by atoms with van der Waals surface area (Å²) in [5.74, 6) is 0.228. The second-order valence-corrected chi connectivity index (χ2v) is 7.44. The number of rotatable bonds is 5. The van der Waals surface area contributed by atoms with E-state index in [4.69, 9.17) is 11.6 Å². The molecule has 2 rings (SSSR count). The third kappa shape index (κ3) is 3.04. The van der Waals surface area contributed by atoms with Gasteiger partial charge in [-0.05, 0) is 12.8 Å². The van der Waals surface area contributed by atoms with E-state index in [2.05, 4.69) is 17.0 Å². The Morgan fingerprint density at radius 3 is 2.95 bits per heavy atom. The minimum absolute atomic E-state index is 0.0113. The van der Waals surface area contributed by atoms with Crippen LogP contribution in [0.4, 0.5) is 5.69 Å². The van der Waals surface area contributed by atoms with Crippen molar-refractivity contribution in [3.63, 3.8) is 0 Å². The maximum absolute atomic E-state index is 11.9. The molecule has 1 aliphatic rings. The maximum atomic E-state index is 11.9. The molecule has 6 nitrogen and oxygen atoms in total. The first-order valence-electron chi connectivity index (χ1n) is 6.27. The first-order valence-corrected chi connectivity index (χ1v) is 8.37. The summed E-state index contributed by atoms with van der Waals surface area (Å²) in [5, 5.41) is 6.44. The Kier molecular flexibility index (Phi) is 4.49. The van der Waals surface area contributed by atoms with Gasteiger partial charge in [-0.1, -0.05) is 17.7 Å². The Labute approximate surface area is 122 Å². The smallest absolute Gasteiger partial charge is 0.287 e. The van der Waals surface area contributed by atoms with Crippen LogP contribution in [0.1, 0.15) is 12.8 Å². The van der Waals surface area contributed by atoms with Gasteiger partial charge in [0.25, 0.3) is 5.56 Å². The van der Waals surface area contributed by atoms with Crippen LogP contribution in [-0.2, 0) is 16.4 Å². The monoisotopic (exact) mass is 317 g/mol. The number of aromatic nitrogens is 2. The molecule has 1 saturated heterocycles. The Morgan fingerprint density at radius 1 is 1.60 bits per heavy atom. The van der Waals surface area contributed by atoms with Gasteiger partial charge >= 0.3 is 0 Å². The second-order valence-electron chi connectivity index (χ2n) is 4.66. The van der Waals surface area contributed by atoms with Crippen molar-refractivity contribution in [2.45, 2.75) is 24.6 Å². The third-order valence-corrected chi connectivity index (χ3v) is 5.91. The van der Waals surface area contributed by atoms with Crippen molar-refractivity contribution in [1.29, 1.82) is 0 Å². The second kappa shape index (κ2) is 5.97. The molecule has 0 aromatic carbocycles. The molecular formula is C12H16ClN3O3S. The average Bonchev–Trinajstić information content (AvgIpc) is 2.73. The summed E-state index contributed by atoms with van der Waals surface area (Å²) in [6, 6.07) is 0. The highest BCUT2D eigenvalue weighted by Crippen LogP contribution is 2.22. The Bertz CT molecular complexity index is 669.